The number of ether oxygens (including phenoxy) is 4. The Bertz CT molecular complexity index is 1860. The molecule has 0 aliphatic heterocycles. The topological polar surface area (TPSA) is 111 Å². The van der Waals surface area contributed by atoms with E-state index in [9.17, 15) is 19.5 Å². The molecule has 85 heavy (non-hydrogen) atoms. The maximum absolute atomic E-state index is 12.9. The highest BCUT2D eigenvalue weighted by atomic mass is 16.7. The summed E-state index contributed by atoms with van der Waals surface area (Å²) in [6.07, 6.45) is 91.3. The number of allylic oxidation sites excluding steroid dienone is 22. The number of hydrogen-bond donors (Lipinski definition) is 0. The van der Waals surface area contributed by atoms with Crippen LogP contribution in [0.15, 0.2) is 134 Å². The van der Waals surface area contributed by atoms with E-state index in [1.54, 1.807) is 0 Å². The summed E-state index contributed by atoms with van der Waals surface area (Å²) < 4.78 is 22.7. The van der Waals surface area contributed by atoms with Crippen LogP contribution in [-0.2, 0) is 33.3 Å². The molecule has 2 unspecified atom stereocenters. The van der Waals surface area contributed by atoms with Crippen LogP contribution in [0.2, 0.25) is 0 Å². The lowest BCUT2D eigenvalue weighted by Crippen LogP contribution is -2.44. The third-order valence-corrected chi connectivity index (χ3v) is 14.4. The van der Waals surface area contributed by atoms with Gasteiger partial charge < -0.3 is 33.3 Å². The molecule has 0 amide bonds. The van der Waals surface area contributed by atoms with Gasteiger partial charge in [0.05, 0.1) is 40.3 Å². The summed E-state index contributed by atoms with van der Waals surface area (Å²) in [5, 5.41) is 11.8. The lowest BCUT2D eigenvalue weighted by atomic mass is 10.0. The number of likely N-dealkylation sites (N-methyl/N-ethyl adjacent to an activating group) is 1. The molecule has 0 saturated carbocycles. The minimum atomic E-state index is -1.64. The predicted molar refractivity (Wildman–Crippen MR) is 361 cm³/mol. The Morgan fingerprint density at radius 2 is 0.647 bits per heavy atom. The smallest absolute Gasteiger partial charge is 0.306 e. The van der Waals surface area contributed by atoms with Crippen molar-refractivity contribution in [2.24, 2.45) is 0 Å². The molecule has 0 aromatic heterocycles. The molecule has 0 fully saturated rings. The fourth-order valence-electron chi connectivity index (χ4n) is 9.22. The van der Waals surface area contributed by atoms with E-state index in [4.69, 9.17) is 18.9 Å². The van der Waals surface area contributed by atoms with Crippen molar-refractivity contribution in [3.8, 4) is 0 Å². The predicted octanol–water partition coefficient (Wildman–Crippen LogP) is 20.0. The second-order valence-corrected chi connectivity index (χ2v) is 23.7. The van der Waals surface area contributed by atoms with E-state index in [0.29, 0.717) is 23.9 Å². The van der Waals surface area contributed by atoms with Crippen LogP contribution in [0.3, 0.4) is 0 Å². The van der Waals surface area contributed by atoms with Gasteiger partial charge in [0.1, 0.15) is 13.2 Å². The molecule has 0 spiro atoms. The summed E-state index contributed by atoms with van der Waals surface area (Å²) in [6, 6.07) is 0. The summed E-state index contributed by atoms with van der Waals surface area (Å²) in [7, 11) is 5.90. The van der Waals surface area contributed by atoms with Crippen LogP contribution in [0.5, 0.6) is 0 Å². The molecule has 2 atom stereocenters. The summed E-state index contributed by atoms with van der Waals surface area (Å²) in [5.74, 6) is -2.37. The average molecular weight is 1180 g/mol. The number of rotatable bonds is 62. The zero-order valence-electron chi connectivity index (χ0n) is 55.2. The molecule has 0 saturated heterocycles. The largest absolute Gasteiger partial charge is 0.545 e. The molecule has 0 N–H and O–H groups in total. The quantitative estimate of drug-likeness (QED) is 0.0195. The normalized spacial score (nSPS) is 13.6. The second-order valence-electron chi connectivity index (χ2n) is 23.7. The number of hydrogen-bond acceptors (Lipinski definition) is 8. The van der Waals surface area contributed by atoms with Gasteiger partial charge in [0.15, 0.2) is 12.4 Å². The van der Waals surface area contributed by atoms with Crippen molar-refractivity contribution in [1.82, 2.24) is 0 Å². The van der Waals surface area contributed by atoms with Crippen molar-refractivity contribution in [2.75, 3.05) is 47.5 Å². The Kier molecular flexibility index (Phi) is 61.9. The van der Waals surface area contributed by atoms with Crippen LogP contribution in [0, 0.1) is 0 Å². The lowest BCUT2D eigenvalue weighted by molar-refractivity contribution is -0.870. The number of carboxylic acids is 1. The van der Waals surface area contributed by atoms with E-state index in [1.165, 1.54) is 141 Å². The van der Waals surface area contributed by atoms with Crippen molar-refractivity contribution in [3.63, 3.8) is 0 Å². The molecular weight excluding hydrogens is 1050 g/mol. The van der Waals surface area contributed by atoms with E-state index in [-0.39, 0.29) is 38.6 Å². The Balaban J connectivity index is 4.12. The molecule has 0 bridgehead atoms. The van der Waals surface area contributed by atoms with Crippen LogP contribution in [0.25, 0.3) is 0 Å². The fourth-order valence-corrected chi connectivity index (χ4v) is 9.22. The molecule has 0 aromatic carbocycles. The summed E-state index contributed by atoms with van der Waals surface area (Å²) >= 11 is 0. The zero-order chi connectivity index (χ0) is 61.9. The third-order valence-electron chi connectivity index (χ3n) is 14.4. The van der Waals surface area contributed by atoms with Crippen molar-refractivity contribution in [2.45, 2.75) is 283 Å². The molecule has 9 nitrogen and oxygen atoms in total. The lowest BCUT2D eigenvalue weighted by Gasteiger charge is -2.26. The minimum Gasteiger partial charge on any atom is -0.545 e. The van der Waals surface area contributed by atoms with Crippen molar-refractivity contribution in [1.29, 1.82) is 0 Å². The standard InChI is InChI=1S/C76H127NO8/c1-6-8-10-12-14-16-18-20-22-24-26-28-30-31-32-33-34-35-36-37-38-39-40-41-42-43-45-46-48-50-52-54-56-58-60-62-64-66-73(78)83-70-72(71-84-76(75(80)81)82-69-68-77(3,4)5)85-74(79)67-65-63-61-59-57-55-53-51-49-47-44-29-27-25-23-21-19-17-15-13-11-9-7-2/h8-11,14-17,20-23,26-29,47,49,53,55,59,61,72,76H,6-7,12-13,18-19,24-25,30-46,48,50-52,54,56-58,60,62-71H2,1-5H3/b10-8-,11-9-,16-14-,17-15-,22-20-,23-21-,28-26-,29-27-,49-47-,55-53-,61-59-. The van der Waals surface area contributed by atoms with Crippen molar-refractivity contribution < 1.29 is 42.9 Å². The molecule has 0 aliphatic rings. The van der Waals surface area contributed by atoms with Crippen molar-refractivity contribution >= 4 is 17.9 Å². The molecule has 0 aliphatic carbocycles. The Labute approximate surface area is 522 Å². The van der Waals surface area contributed by atoms with Gasteiger partial charge >= 0.3 is 11.9 Å². The SMILES string of the molecule is CC/C=C\C/C=C\C/C=C\C/C=C\C/C=C\C/C=C\C/C=C\CCCC(=O)OC(COC(=O)CCCCCCCCCCCCCCCCCCCCCCCCCC/C=C\C/C=C\C/C=C\C/C=C\CC)COC(OCC[N+](C)(C)C)C(=O)[O-]. The Morgan fingerprint density at radius 1 is 0.353 bits per heavy atom. The molecule has 0 heterocycles. The number of carbonyl (C=O) groups excluding carboxylic acids is 3. The first-order valence-corrected chi connectivity index (χ1v) is 34.3. The zero-order valence-corrected chi connectivity index (χ0v) is 55.2. The van der Waals surface area contributed by atoms with Gasteiger partial charge in [-0.1, -0.05) is 289 Å². The van der Waals surface area contributed by atoms with Gasteiger partial charge in [0, 0.05) is 12.8 Å². The summed E-state index contributed by atoms with van der Waals surface area (Å²) in [5.41, 5.74) is 0. The molecule has 0 rings (SSSR count). The maximum atomic E-state index is 12.9. The highest BCUT2D eigenvalue weighted by molar-refractivity contribution is 5.70. The van der Waals surface area contributed by atoms with Crippen molar-refractivity contribution in [3.05, 3.63) is 134 Å². The van der Waals surface area contributed by atoms with E-state index >= 15 is 0 Å². The number of carbonyl (C=O) groups is 3. The molecule has 0 radical (unpaired) electrons. The molecule has 0 aromatic rings. The van der Waals surface area contributed by atoms with E-state index in [0.717, 1.165) is 89.9 Å². The first-order valence-electron chi connectivity index (χ1n) is 34.3. The van der Waals surface area contributed by atoms with Crippen LogP contribution < -0.4 is 5.11 Å². The van der Waals surface area contributed by atoms with Gasteiger partial charge in [-0.05, 0) is 103 Å². The maximum Gasteiger partial charge on any atom is 0.306 e. The Hall–Kier alpha value is -4.57. The highest BCUT2D eigenvalue weighted by Crippen LogP contribution is 2.17. The summed E-state index contributed by atoms with van der Waals surface area (Å²) in [6.45, 7) is 4.46. The van der Waals surface area contributed by atoms with Gasteiger partial charge in [0.2, 0.25) is 0 Å². The minimum absolute atomic E-state index is 0.131. The third kappa shape index (κ3) is 66.8. The number of nitrogens with zero attached hydrogens (tertiary/aromatic N) is 1. The first kappa shape index (κ1) is 80.4. The van der Waals surface area contributed by atoms with E-state index < -0.39 is 24.3 Å². The molecule has 9 heteroatoms. The van der Waals surface area contributed by atoms with Crippen LogP contribution >= 0.6 is 0 Å². The summed E-state index contributed by atoms with van der Waals surface area (Å²) in [4.78, 5) is 37.4. The average Bonchev–Trinajstić information content (AvgIpc) is 3.49. The highest BCUT2D eigenvalue weighted by Gasteiger charge is 2.22. The number of esters is 2. The van der Waals surface area contributed by atoms with Crippen LogP contribution in [0.1, 0.15) is 271 Å². The fraction of sp³-hybridized carbons (Fsp3) is 0.671. The van der Waals surface area contributed by atoms with Gasteiger partial charge in [-0.25, -0.2) is 0 Å². The number of unbranched alkanes of at least 4 members (excludes halogenated alkanes) is 25. The molecular formula is C76H127NO8. The van der Waals surface area contributed by atoms with Gasteiger partial charge in [0.25, 0.3) is 0 Å². The number of aliphatic carboxylic acids is 1. The van der Waals surface area contributed by atoms with Gasteiger partial charge in [-0.15, -0.1) is 0 Å². The van der Waals surface area contributed by atoms with Gasteiger partial charge in [-0.2, -0.15) is 0 Å². The Morgan fingerprint density at radius 3 is 0.976 bits per heavy atom. The molecule has 484 valence electrons. The van der Waals surface area contributed by atoms with E-state index in [2.05, 4.69) is 148 Å². The number of carboxylic acid groups (broad SMARTS) is 1. The van der Waals surface area contributed by atoms with E-state index in [1.807, 2.05) is 21.1 Å². The van der Waals surface area contributed by atoms with Gasteiger partial charge in [-0.3, -0.25) is 9.59 Å². The monoisotopic (exact) mass is 1180 g/mol. The number of quaternary nitrogens is 1. The first-order chi connectivity index (χ1) is 41.6. The van der Waals surface area contributed by atoms with Crippen LogP contribution in [-0.4, -0.2) is 82.3 Å². The van der Waals surface area contributed by atoms with Crippen LogP contribution in [0.4, 0.5) is 0 Å². The second kappa shape index (κ2) is 65.4.